The summed E-state index contributed by atoms with van der Waals surface area (Å²) in [5, 5.41) is 8.67. The number of fused-ring (bicyclic) bond motifs is 7. The van der Waals surface area contributed by atoms with Crippen LogP contribution in [-0.4, -0.2) is 19.5 Å². The molecule has 11 rings (SSSR count). The quantitative estimate of drug-likeness (QED) is 0.192. The fraction of sp³-hybridized carbons (Fsp3) is 0.0217. The Balaban J connectivity index is 1.17. The molecule has 5 nitrogen and oxygen atoms in total. The molecule has 7 aromatic carbocycles. The average molecular weight is 716 g/mol. The first-order valence-corrected chi connectivity index (χ1v) is 19.3. The lowest BCUT2D eigenvalue weighted by Gasteiger charge is -2.14. The van der Waals surface area contributed by atoms with Gasteiger partial charge in [0.05, 0.1) is 11.0 Å². The third-order valence-corrected chi connectivity index (χ3v) is 12.6. The third-order valence-electron chi connectivity index (χ3n) is 10.1. The second kappa shape index (κ2) is 12.2. The van der Waals surface area contributed by atoms with E-state index < -0.39 is 0 Å². The molecule has 0 bridgehead atoms. The smallest absolute Gasteiger partial charge is 0.238 e. The summed E-state index contributed by atoms with van der Waals surface area (Å²) in [4.78, 5) is 17.0. The molecule has 1 aliphatic rings. The van der Waals surface area contributed by atoms with E-state index in [2.05, 4.69) is 155 Å². The molecular weight excluding hydrogens is 687 g/mol. The minimum atomic E-state index is 0.0823. The highest BCUT2D eigenvalue weighted by molar-refractivity contribution is 8.00. The van der Waals surface area contributed by atoms with Crippen LogP contribution in [0.5, 0.6) is 0 Å². The first-order valence-electron chi connectivity index (χ1n) is 17.6. The topological polar surface area (TPSA) is 55.6 Å². The summed E-state index contributed by atoms with van der Waals surface area (Å²) in [5.74, 6) is 1.89. The van der Waals surface area contributed by atoms with E-state index in [1.54, 1.807) is 0 Å². The molecule has 0 saturated carbocycles. The molecular formula is C46H29N5S2. The first-order chi connectivity index (χ1) is 26.3. The molecule has 0 spiro atoms. The number of rotatable bonds is 5. The summed E-state index contributed by atoms with van der Waals surface area (Å²) >= 11 is 3.71. The Labute approximate surface area is 313 Å². The van der Waals surface area contributed by atoms with Gasteiger partial charge in [-0.15, -0.1) is 11.3 Å². The molecule has 1 atom stereocenters. The SMILES string of the molecule is c1ccc(-c2cc(C3Nc4ccccc4S3)c3sc4c(-c5nc(-c6ccccc6)nc(-n6c7ccccc7c7ccccc76)n5)cccc4c3c2)cc1. The maximum Gasteiger partial charge on any atom is 0.238 e. The fourth-order valence-corrected chi connectivity index (χ4v) is 10.2. The molecule has 7 heteroatoms. The molecule has 0 aliphatic carbocycles. The molecule has 250 valence electrons. The van der Waals surface area contributed by atoms with Gasteiger partial charge in [-0.2, -0.15) is 9.97 Å². The predicted molar refractivity (Wildman–Crippen MR) is 222 cm³/mol. The van der Waals surface area contributed by atoms with Gasteiger partial charge in [-0.05, 0) is 53.6 Å². The molecule has 0 saturated heterocycles. The Hall–Kier alpha value is -6.28. The van der Waals surface area contributed by atoms with Crippen LogP contribution in [-0.2, 0) is 0 Å². The normalized spacial score (nSPS) is 13.9. The van der Waals surface area contributed by atoms with Crippen molar-refractivity contribution in [3.8, 4) is 39.9 Å². The van der Waals surface area contributed by atoms with Gasteiger partial charge in [0.2, 0.25) is 5.95 Å². The monoisotopic (exact) mass is 715 g/mol. The third kappa shape index (κ3) is 4.96. The minimum Gasteiger partial charge on any atom is -0.368 e. The Morgan fingerprint density at radius 1 is 0.491 bits per heavy atom. The Morgan fingerprint density at radius 2 is 1.13 bits per heavy atom. The van der Waals surface area contributed by atoms with Crippen molar-refractivity contribution in [3.05, 3.63) is 169 Å². The number of nitrogens with one attached hydrogen (secondary N) is 1. The molecule has 0 fully saturated rings. The van der Waals surface area contributed by atoms with Crippen LogP contribution in [0.3, 0.4) is 0 Å². The van der Waals surface area contributed by atoms with E-state index in [-0.39, 0.29) is 5.37 Å². The average Bonchev–Trinajstić information content (AvgIpc) is 3.93. The minimum absolute atomic E-state index is 0.0823. The van der Waals surface area contributed by atoms with Gasteiger partial charge in [0.1, 0.15) is 5.37 Å². The summed E-state index contributed by atoms with van der Waals surface area (Å²) in [6.07, 6.45) is 0. The molecule has 1 N–H and O–H groups in total. The summed E-state index contributed by atoms with van der Waals surface area (Å²) in [6, 6.07) is 57.7. The van der Waals surface area contributed by atoms with Gasteiger partial charge in [0.25, 0.3) is 0 Å². The van der Waals surface area contributed by atoms with E-state index in [0.29, 0.717) is 17.6 Å². The standard InChI is InChI=1S/C46H29N5S2/c1-3-14-28(15-4-1)30-26-35-33-20-13-21-34(41(33)53-42(35)36(27-30)45-47-37-22-9-12-25-40(37)52-45)44-48-43(29-16-5-2-6-17-29)49-46(50-44)51-38-23-10-7-18-31(38)32-19-8-11-24-39(32)51/h1-27,45,47H. The number of benzene rings is 7. The van der Waals surface area contributed by atoms with Gasteiger partial charge in [0.15, 0.2) is 11.6 Å². The highest BCUT2D eigenvalue weighted by atomic mass is 32.2. The van der Waals surface area contributed by atoms with Crippen molar-refractivity contribution >= 4 is 70.8 Å². The van der Waals surface area contributed by atoms with E-state index in [1.807, 2.05) is 41.3 Å². The van der Waals surface area contributed by atoms with Crippen molar-refractivity contribution in [2.24, 2.45) is 0 Å². The second-order valence-corrected chi connectivity index (χ2v) is 15.4. The molecule has 10 aromatic rings. The van der Waals surface area contributed by atoms with Crippen LogP contribution in [0.4, 0.5) is 5.69 Å². The van der Waals surface area contributed by atoms with Gasteiger partial charge >= 0.3 is 0 Å². The number of anilines is 1. The number of para-hydroxylation sites is 3. The second-order valence-electron chi connectivity index (χ2n) is 13.2. The number of hydrogen-bond donors (Lipinski definition) is 1. The number of aromatic nitrogens is 4. The van der Waals surface area contributed by atoms with E-state index in [4.69, 9.17) is 15.0 Å². The lowest BCUT2D eigenvalue weighted by Crippen LogP contribution is -2.06. The molecule has 1 aliphatic heterocycles. The Morgan fingerprint density at radius 3 is 1.89 bits per heavy atom. The molecule has 3 aromatic heterocycles. The number of thioether (sulfide) groups is 1. The highest BCUT2D eigenvalue weighted by Crippen LogP contribution is 2.51. The fourth-order valence-electron chi connectivity index (χ4n) is 7.66. The van der Waals surface area contributed by atoms with Crippen LogP contribution in [0.2, 0.25) is 0 Å². The maximum atomic E-state index is 5.32. The van der Waals surface area contributed by atoms with E-state index >= 15 is 0 Å². The van der Waals surface area contributed by atoms with Crippen molar-refractivity contribution in [1.29, 1.82) is 0 Å². The lowest BCUT2D eigenvalue weighted by molar-refractivity contribution is 0.954. The van der Waals surface area contributed by atoms with E-state index in [1.165, 1.54) is 53.5 Å². The van der Waals surface area contributed by atoms with Crippen LogP contribution in [0.25, 0.3) is 81.8 Å². The van der Waals surface area contributed by atoms with Gasteiger partial charge in [-0.3, -0.25) is 4.57 Å². The van der Waals surface area contributed by atoms with Crippen molar-refractivity contribution in [2.45, 2.75) is 10.3 Å². The van der Waals surface area contributed by atoms with Crippen molar-refractivity contribution in [3.63, 3.8) is 0 Å². The zero-order valence-electron chi connectivity index (χ0n) is 28.3. The van der Waals surface area contributed by atoms with Gasteiger partial charge in [-0.1, -0.05) is 133 Å². The number of nitrogens with zero attached hydrogens (tertiary/aromatic N) is 4. The number of hydrogen-bond acceptors (Lipinski definition) is 6. The zero-order valence-corrected chi connectivity index (χ0v) is 29.9. The van der Waals surface area contributed by atoms with Gasteiger partial charge in [0, 0.05) is 58.2 Å². The molecule has 0 radical (unpaired) electrons. The van der Waals surface area contributed by atoms with Crippen LogP contribution < -0.4 is 5.32 Å². The predicted octanol–water partition coefficient (Wildman–Crippen LogP) is 12.6. The summed E-state index contributed by atoms with van der Waals surface area (Å²) < 4.78 is 4.61. The van der Waals surface area contributed by atoms with Crippen LogP contribution >= 0.6 is 23.1 Å². The Kier molecular flexibility index (Phi) is 6.96. The van der Waals surface area contributed by atoms with E-state index in [9.17, 15) is 0 Å². The van der Waals surface area contributed by atoms with Gasteiger partial charge < -0.3 is 5.32 Å². The van der Waals surface area contributed by atoms with Crippen LogP contribution in [0.1, 0.15) is 10.9 Å². The van der Waals surface area contributed by atoms with Crippen molar-refractivity contribution in [2.75, 3.05) is 5.32 Å². The molecule has 4 heterocycles. The maximum absolute atomic E-state index is 5.32. The van der Waals surface area contributed by atoms with Crippen molar-refractivity contribution in [1.82, 2.24) is 19.5 Å². The van der Waals surface area contributed by atoms with E-state index in [0.717, 1.165) is 26.9 Å². The first kappa shape index (κ1) is 30.4. The summed E-state index contributed by atoms with van der Waals surface area (Å²) in [6.45, 7) is 0. The lowest BCUT2D eigenvalue weighted by atomic mass is 9.98. The zero-order chi connectivity index (χ0) is 34.9. The number of thiophene rings is 1. The molecule has 0 amide bonds. The van der Waals surface area contributed by atoms with Crippen LogP contribution in [0, 0.1) is 0 Å². The summed E-state index contributed by atoms with van der Waals surface area (Å²) in [7, 11) is 0. The van der Waals surface area contributed by atoms with Gasteiger partial charge in [-0.25, -0.2) is 4.98 Å². The largest absolute Gasteiger partial charge is 0.368 e. The Bertz CT molecular complexity index is 2950. The highest BCUT2D eigenvalue weighted by Gasteiger charge is 2.27. The molecule has 1 unspecified atom stereocenters. The molecule has 53 heavy (non-hydrogen) atoms. The van der Waals surface area contributed by atoms with Crippen LogP contribution in [0.15, 0.2) is 169 Å². The van der Waals surface area contributed by atoms with Crippen molar-refractivity contribution < 1.29 is 0 Å². The summed E-state index contributed by atoms with van der Waals surface area (Å²) in [5.41, 5.74) is 8.92.